The van der Waals surface area contributed by atoms with Gasteiger partial charge in [-0.15, -0.1) is 0 Å². The van der Waals surface area contributed by atoms with E-state index in [0.29, 0.717) is 18.4 Å². The zero-order chi connectivity index (χ0) is 9.19. The molecule has 0 aromatic carbocycles. The summed E-state index contributed by atoms with van der Waals surface area (Å²) < 4.78 is 0. The van der Waals surface area contributed by atoms with Crippen molar-refractivity contribution in [3.63, 3.8) is 0 Å². The van der Waals surface area contributed by atoms with E-state index in [2.05, 4.69) is 5.32 Å². The van der Waals surface area contributed by atoms with Gasteiger partial charge in [-0.1, -0.05) is 6.08 Å². The van der Waals surface area contributed by atoms with Crippen LogP contribution in [0.3, 0.4) is 0 Å². The smallest absolute Gasteiger partial charge is 0.249 e. The molecule has 3 heteroatoms. The second-order valence-electron chi connectivity index (χ2n) is 3.17. The minimum Gasteiger partial charge on any atom is -0.385 e. The van der Waals surface area contributed by atoms with Crippen LogP contribution in [-0.2, 0) is 4.79 Å². The van der Waals surface area contributed by atoms with Crippen molar-refractivity contribution in [2.45, 2.75) is 31.8 Å². The molecule has 0 atom stereocenters. The third-order valence-electron chi connectivity index (χ3n) is 2.44. The average molecular weight is 169 g/mol. The summed E-state index contributed by atoms with van der Waals surface area (Å²) in [6.45, 7) is 1.78. The number of amides is 1. The lowest BCUT2D eigenvalue weighted by atomic mass is 9.74. The maximum absolute atomic E-state index is 11.2. The quantitative estimate of drug-likeness (QED) is 0.594. The van der Waals surface area contributed by atoms with E-state index in [1.54, 1.807) is 20.0 Å². The number of rotatable bonds is 2. The molecule has 68 valence electrons. The Morgan fingerprint density at radius 1 is 1.58 bits per heavy atom. The Bertz CT molecular complexity index is 217. The molecule has 0 spiro atoms. The van der Waals surface area contributed by atoms with Gasteiger partial charge in [0.05, 0.1) is 5.60 Å². The maximum atomic E-state index is 11.2. The van der Waals surface area contributed by atoms with Crippen molar-refractivity contribution < 1.29 is 9.90 Å². The molecule has 0 aliphatic heterocycles. The molecular weight excluding hydrogens is 154 g/mol. The highest BCUT2D eigenvalue weighted by Crippen LogP contribution is 2.37. The first-order valence-corrected chi connectivity index (χ1v) is 4.25. The van der Waals surface area contributed by atoms with Gasteiger partial charge in [-0.2, -0.15) is 0 Å². The number of carbonyl (C=O) groups excluding carboxylic acids is 1. The Kier molecular flexibility index (Phi) is 2.52. The molecule has 0 heterocycles. The molecule has 1 rings (SSSR count). The highest BCUT2D eigenvalue weighted by molar-refractivity contribution is 5.95. The summed E-state index contributed by atoms with van der Waals surface area (Å²) in [6, 6.07) is 0. The van der Waals surface area contributed by atoms with E-state index in [9.17, 15) is 9.90 Å². The third kappa shape index (κ3) is 1.37. The molecule has 0 aromatic heterocycles. The van der Waals surface area contributed by atoms with Crippen LogP contribution in [0.4, 0.5) is 0 Å². The van der Waals surface area contributed by atoms with Crippen molar-refractivity contribution in [1.82, 2.24) is 5.32 Å². The summed E-state index contributed by atoms with van der Waals surface area (Å²) in [5, 5.41) is 12.4. The summed E-state index contributed by atoms with van der Waals surface area (Å²) in [7, 11) is 1.58. The molecule has 0 radical (unpaired) electrons. The van der Waals surface area contributed by atoms with Gasteiger partial charge in [0.15, 0.2) is 0 Å². The van der Waals surface area contributed by atoms with Crippen LogP contribution < -0.4 is 5.32 Å². The van der Waals surface area contributed by atoms with Gasteiger partial charge in [0, 0.05) is 12.6 Å². The van der Waals surface area contributed by atoms with E-state index < -0.39 is 5.60 Å². The van der Waals surface area contributed by atoms with E-state index >= 15 is 0 Å². The number of hydrogen-bond acceptors (Lipinski definition) is 2. The van der Waals surface area contributed by atoms with Crippen LogP contribution >= 0.6 is 0 Å². The molecule has 0 unspecified atom stereocenters. The largest absolute Gasteiger partial charge is 0.385 e. The van der Waals surface area contributed by atoms with Crippen LogP contribution in [0, 0.1) is 0 Å². The number of allylic oxidation sites excluding steroid dienone is 1. The number of nitrogens with one attached hydrogen (secondary N) is 1. The normalized spacial score (nSPS) is 21.4. The predicted octanol–water partition coefficient (Wildman–Crippen LogP) is 0.594. The fraction of sp³-hybridized carbons (Fsp3) is 0.667. The van der Waals surface area contributed by atoms with Gasteiger partial charge in [0.1, 0.15) is 0 Å². The molecule has 1 saturated carbocycles. The third-order valence-corrected chi connectivity index (χ3v) is 2.44. The molecule has 0 bridgehead atoms. The highest BCUT2D eigenvalue weighted by Gasteiger charge is 2.40. The molecule has 2 N–H and O–H groups in total. The first-order chi connectivity index (χ1) is 5.64. The summed E-state index contributed by atoms with van der Waals surface area (Å²) in [4.78, 5) is 11.2. The standard InChI is InChI=1S/C9H15NO2/c1-3-7(8(11)10-2)9(12)5-4-6-9/h3,12H,4-6H2,1-2H3,(H,10,11)/b7-3+. The Morgan fingerprint density at radius 3 is 2.42 bits per heavy atom. The van der Waals surface area contributed by atoms with E-state index in [4.69, 9.17) is 0 Å². The molecule has 12 heavy (non-hydrogen) atoms. The molecule has 1 fully saturated rings. The van der Waals surface area contributed by atoms with E-state index in [1.807, 2.05) is 0 Å². The second-order valence-corrected chi connectivity index (χ2v) is 3.17. The lowest BCUT2D eigenvalue weighted by molar-refractivity contribution is -0.120. The van der Waals surface area contributed by atoms with Gasteiger partial charge in [-0.05, 0) is 26.2 Å². The predicted molar refractivity (Wildman–Crippen MR) is 46.6 cm³/mol. The van der Waals surface area contributed by atoms with Crippen molar-refractivity contribution in [1.29, 1.82) is 0 Å². The Balaban J connectivity index is 2.75. The van der Waals surface area contributed by atoms with Gasteiger partial charge in [-0.3, -0.25) is 4.79 Å². The maximum Gasteiger partial charge on any atom is 0.249 e. The summed E-state index contributed by atoms with van der Waals surface area (Å²) in [6.07, 6.45) is 4.11. The number of aliphatic hydroxyl groups is 1. The lowest BCUT2D eigenvalue weighted by Gasteiger charge is -2.37. The zero-order valence-electron chi connectivity index (χ0n) is 7.55. The SMILES string of the molecule is C/C=C(\C(=O)NC)C1(O)CCC1. The van der Waals surface area contributed by atoms with Crippen LogP contribution in [0.15, 0.2) is 11.6 Å². The van der Waals surface area contributed by atoms with Gasteiger partial charge in [-0.25, -0.2) is 0 Å². The lowest BCUT2D eigenvalue weighted by Crippen LogP contribution is -2.44. The molecule has 0 saturated heterocycles. The fourth-order valence-corrected chi connectivity index (χ4v) is 1.53. The summed E-state index contributed by atoms with van der Waals surface area (Å²) in [5.74, 6) is -0.167. The first-order valence-electron chi connectivity index (χ1n) is 4.25. The number of hydrogen-bond donors (Lipinski definition) is 2. The number of carbonyl (C=O) groups is 1. The van der Waals surface area contributed by atoms with Crippen molar-refractivity contribution in [3.8, 4) is 0 Å². The van der Waals surface area contributed by atoms with Gasteiger partial charge in [0.25, 0.3) is 0 Å². The van der Waals surface area contributed by atoms with E-state index in [-0.39, 0.29) is 5.91 Å². The van der Waals surface area contributed by atoms with Crippen LogP contribution in [0.2, 0.25) is 0 Å². The molecule has 0 aromatic rings. The van der Waals surface area contributed by atoms with Gasteiger partial charge >= 0.3 is 0 Å². The monoisotopic (exact) mass is 169 g/mol. The van der Waals surface area contributed by atoms with Crippen molar-refractivity contribution in [2.24, 2.45) is 0 Å². The zero-order valence-corrected chi connectivity index (χ0v) is 7.55. The highest BCUT2D eigenvalue weighted by atomic mass is 16.3. The molecule has 3 nitrogen and oxygen atoms in total. The van der Waals surface area contributed by atoms with Crippen LogP contribution in [0.25, 0.3) is 0 Å². The van der Waals surface area contributed by atoms with Gasteiger partial charge < -0.3 is 10.4 Å². The topological polar surface area (TPSA) is 49.3 Å². The van der Waals surface area contributed by atoms with Crippen molar-refractivity contribution >= 4 is 5.91 Å². The molecule has 1 aliphatic rings. The summed E-state index contributed by atoms with van der Waals surface area (Å²) in [5.41, 5.74) is -0.328. The Morgan fingerprint density at radius 2 is 2.17 bits per heavy atom. The van der Waals surface area contributed by atoms with E-state index in [1.165, 1.54) is 0 Å². The van der Waals surface area contributed by atoms with E-state index in [0.717, 1.165) is 6.42 Å². The fourth-order valence-electron chi connectivity index (χ4n) is 1.53. The molecular formula is C9H15NO2. The Hall–Kier alpha value is -0.830. The molecule has 1 amide bonds. The Labute approximate surface area is 72.5 Å². The second kappa shape index (κ2) is 3.27. The van der Waals surface area contributed by atoms with Crippen LogP contribution in [-0.4, -0.2) is 23.7 Å². The minimum absolute atomic E-state index is 0.167. The van der Waals surface area contributed by atoms with Crippen molar-refractivity contribution in [3.05, 3.63) is 11.6 Å². The first kappa shape index (κ1) is 9.26. The summed E-state index contributed by atoms with van der Waals surface area (Å²) >= 11 is 0. The van der Waals surface area contributed by atoms with Crippen molar-refractivity contribution in [2.75, 3.05) is 7.05 Å². The molecule has 1 aliphatic carbocycles. The van der Waals surface area contributed by atoms with Gasteiger partial charge in [0.2, 0.25) is 5.91 Å². The van der Waals surface area contributed by atoms with Crippen LogP contribution in [0.5, 0.6) is 0 Å². The minimum atomic E-state index is -0.838. The number of likely N-dealkylation sites (N-methyl/N-ethyl adjacent to an activating group) is 1. The van der Waals surface area contributed by atoms with Crippen LogP contribution in [0.1, 0.15) is 26.2 Å². The average Bonchev–Trinajstić information content (AvgIpc) is 2.02.